The van der Waals surface area contributed by atoms with Gasteiger partial charge >= 0.3 is 5.97 Å². The summed E-state index contributed by atoms with van der Waals surface area (Å²) in [6.45, 7) is 10.1. The third-order valence-corrected chi connectivity index (χ3v) is 1.51. The predicted molar refractivity (Wildman–Crippen MR) is 51.4 cm³/mol. The summed E-state index contributed by atoms with van der Waals surface area (Å²) in [5.74, 6) is -1.25. The van der Waals surface area contributed by atoms with Crippen molar-refractivity contribution in [2.24, 2.45) is 5.16 Å². The van der Waals surface area contributed by atoms with Crippen molar-refractivity contribution < 1.29 is 15.1 Å². The van der Waals surface area contributed by atoms with Crippen LogP contribution in [0.15, 0.2) is 5.16 Å². The number of aliphatic carboxylic acids is 1. The fraction of sp³-hybridized carbons (Fsp3) is 0.750. The Bertz CT molecular complexity index is 139. The van der Waals surface area contributed by atoms with Crippen molar-refractivity contribution in [1.82, 2.24) is 4.90 Å². The molecule has 0 spiro atoms. The highest BCUT2D eigenvalue weighted by Crippen LogP contribution is 1.81. The van der Waals surface area contributed by atoms with E-state index in [9.17, 15) is 4.79 Å². The van der Waals surface area contributed by atoms with E-state index in [4.69, 9.17) is 10.3 Å². The summed E-state index contributed by atoms with van der Waals surface area (Å²) in [6.07, 6.45) is 0.389. The van der Waals surface area contributed by atoms with Crippen molar-refractivity contribution in [3.8, 4) is 0 Å². The Kier molecular flexibility index (Phi) is 12.1. The van der Waals surface area contributed by atoms with E-state index in [-0.39, 0.29) is 0 Å². The molecule has 0 atom stereocenters. The van der Waals surface area contributed by atoms with Crippen LogP contribution in [0.5, 0.6) is 0 Å². The van der Waals surface area contributed by atoms with Gasteiger partial charge in [-0.1, -0.05) is 25.9 Å². The summed E-state index contributed by atoms with van der Waals surface area (Å²) < 4.78 is 0. The summed E-state index contributed by atoms with van der Waals surface area (Å²) in [5.41, 5.74) is 0. The molecule has 0 aromatic heterocycles. The molecule has 0 aromatic rings. The Balaban J connectivity index is 0. The minimum absolute atomic E-state index is 0.389. The average molecular weight is 190 g/mol. The lowest BCUT2D eigenvalue weighted by Crippen LogP contribution is -2.21. The van der Waals surface area contributed by atoms with E-state index in [1.165, 1.54) is 19.6 Å². The summed E-state index contributed by atoms with van der Waals surface area (Å²) in [4.78, 5) is 11.7. The van der Waals surface area contributed by atoms with E-state index < -0.39 is 5.97 Å². The molecule has 0 aliphatic rings. The maximum absolute atomic E-state index is 9.29. The molecule has 0 aliphatic carbocycles. The number of hydrogen-bond acceptors (Lipinski definition) is 4. The number of hydrogen-bond donors (Lipinski definition) is 2. The van der Waals surface area contributed by atoms with Crippen LogP contribution in [0, 0.1) is 0 Å². The van der Waals surface area contributed by atoms with Gasteiger partial charge in [-0.2, -0.15) is 0 Å². The van der Waals surface area contributed by atoms with Crippen molar-refractivity contribution in [2.45, 2.75) is 20.8 Å². The zero-order valence-electron chi connectivity index (χ0n) is 8.40. The van der Waals surface area contributed by atoms with E-state index in [1.54, 1.807) is 0 Å². The zero-order valence-corrected chi connectivity index (χ0v) is 8.40. The summed E-state index contributed by atoms with van der Waals surface area (Å²) in [6, 6.07) is 0. The van der Waals surface area contributed by atoms with Crippen LogP contribution in [0.3, 0.4) is 0 Å². The first kappa shape index (κ1) is 14.4. The maximum Gasteiger partial charge on any atom is 0.350 e. The third-order valence-electron chi connectivity index (χ3n) is 1.51. The van der Waals surface area contributed by atoms with Crippen LogP contribution in [-0.4, -0.2) is 47.0 Å². The van der Waals surface area contributed by atoms with E-state index in [1.807, 2.05) is 0 Å². The molecule has 0 aromatic carbocycles. The standard InChI is InChI=1S/C6H15N.C2H3NO3/c1-4-7(5-2)6-3;4-2(5)1-3-6/h4-6H2,1-3H3;1,6H,(H,4,5). The lowest BCUT2D eigenvalue weighted by atomic mass is 10.5. The molecular weight excluding hydrogens is 172 g/mol. The van der Waals surface area contributed by atoms with Gasteiger partial charge in [0.05, 0.1) is 0 Å². The molecule has 0 saturated carbocycles. The molecule has 5 nitrogen and oxygen atoms in total. The van der Waals surface area contributed by atoms with Crippen molar-refractivity contribution >= 4 is 12.2 Å². The second-order valence-corrected chi connectivity index (χ2v) is 2.20. The molecule has 0 saturated heterocycles. The summed E-state index contributed by atoms with van der Waals surface area (Å²) >= 11 is 0. The highest BCUT2D eigenvalue weighted by atomic mass is 16.4. The normalized spacial score (nSPS) is 9.85. The van der Waals surface area contributed by atoms with Gasteiger partial charge in [0.1, 0.15) is 0 Å². The fourth-order valence-electron chi connectivity index (χ4n) is 0.720. The lowest BCUT2D eigenvalue weighted by Gasteiger charge is -2.13. The molecule has 78 valence electrons. The maximum atomic E-state index is 9.29. The summed E-state index contributed by atoms with van der Waals surface area (Å²) in [7, 11) is 0. The smallest absolute Gasteiger partial charge is 0.350 e. The molecule has 5 heteroatoms. The van der Waals surface area contributed by atoms with Crippen LogP contribution < -0.4 is 0 Å². The number of nitrogens with zero attached hydrogens (tertiary/aromatic N) is 2. The molecule has 13 heavy (non-hydrogen) atoms. The lowest BCUT2D eigenvalue weighted by molar-refractivity contribution is -0.128. The molecule has 0 bridgehead atoms. The minimum Gasteiger partial charge on any atom is -0.477 e. The Morgan fingerprint density at radius 2 is 1.69 bits per heavy atom. The quantitative estimate of drug-likeness (QED) is 0.392. The van der Waals surface area contributed by atoms with E-state index >= 15 is 0 Å². The minimum atomic E-state index is -1.25. The van der Waals surface area contributed by atoms with Crippen molar-refractivity contribution in [1.29, 1.82) is 0 Å². The molecule has 2 N–H and O–H groups in total. The molecule has 0 amide bonds. The SMILES string of the molecule is CCN(CC)CC.O=C(O)C=NO. The van der Waals surface area contributed by atoms with Crippen LogP contribution in [-0.2, 0) is 4.79 Å². The monoisotopic (exact) mass is 190 g/mol. The molecule has 0 rings (SSSR count). The zero-order chi connectivity index (χ0) is 10.7. The van der Waals surface area contributed by atoms with Gasteiger partial charge < -0.3 is 15.2 Å². The van der Waals surface area contributed by atoms with E-state index in [0.29, 0.717) is 6.21 Å². The highest BCUT2D eigenvalue weighted by Gasteiger charge is 1.89. The van der Waals surface area contributed by atoms with Gasteiger partial charge in [-0.25, -0.2) is 4.79 Å². The van der Waals surface area contributed by atoms with Crippen molar-refractivity contribution in [3.05, 3.63) is 0 Å². The van der Waals surface area contributed by atoms with Gasteiger partial charge in [-0.3, -0.25) is 0 Å². The van der Waals surface area contributed by atoms with Crippen LogP contribution >= 0.6 is 0 Å². The van der Waals surface area contributed by atoms with Gasteiger partial charge in [0.25, 0.3) is 0 Å². The van der Waals surface area contributed by atoms with Crippen LogP contribution in [0.25, 0.3) is 0 Å². The van der Waals surface area contributed by atoms with E-state index in [0.717, 1.165) is 0 Å². The Hall–Kier alpha value is -1.10. The predicted octanol–water partition coefficient (Wildman–Crippen LogP) is 0.879. The molecule has 0 unspecified atom stereocenters. The van der Waals surface area contributed by atoms with Gasteiger partial charge in [0.2, 0.25) is 0 Å². The second kappa shape index (κ2) is 10.9. The molecule has 0 fully saturated rings. The van der Waals surface area contributed by atoms with Crippen molar-refractivity contribution in [2.75, 3.05) is 19.6 Å². The Morgan fingerprint density at radius 1 is 1.31 bits per heavy atom. The molecule has 0 aliphatic heterocycles. The number of carboxylic acid groups (broad SMARTS) is 1. The van der Waals surface area contributed by atoms with Gasteiger partial charge in [-0.15, -0.1) is 0 Å². The molecule has 0 heterocycles. The first-order chi connectivity index (χ1) is 6.12. The number of carbonyl (C=O) groups is 1. The third kappa shape index (κ3) is 13.8. The first-order valence-corrected chi connectivity index (χ1v) is 4.24. The Labute approximate surface area is 78.7 Å². The van der Waals surface area contributed by atoms with Gasteiger partial charge in [0.15, 0.2) is 6.21 Å². The number of oxime groups is 1. The van der Waals surface area contributed by atoms with Crippen LogP contribution in [0.4, 0.5) is 0 Å². The fourth-order valence-corrected chi connectivity index (χ4v) is 0.720. The largest absolute Gasteiger partial charge is 0.477 e. The molecule has 0 radical (unpaired) electrons. The second-order valence-electron chi connectivity index (χ2n) is 2.20. The average Bonchev–Trinajstić information content (AvgIpc) is 2.08. The summed E-state index contributed by atoms with van der Waals surface area (Å²) in [5, 5.41) is 17.2. The Morgan fingerprint density at radius 3 is 1.69 bits per heavy atom. The number of carboxylic acids is 1. The highest BCUT2D eigenvalue weighted by molar-refractivity contribution is 6.21. The van der Waals surface area contributed by atoms with Gasteiger partial charge in [0, 0.05) is 0 Å². The van der Waals surface area contributed by atoms with E-state index in [2.05, 4.69) is 30.8 Å². The van der Waals surface area contributed by atoms with Crippen molar-refractivity contribution in [3.63, 3.8) is 0 Å². The topological polar surface area (TPSA) is 73.1 Å². The molecular formula is C8H18N2O3. The first-order valence-electron chi connectivity index (χ1n) is 4.24. The van der Waals surface area contributed by atoms with Crippen LogP contribution in [0.2, 0.25) is 0 Å². The van der Waals surface area contributed by atoms with Gasteiger partial charge in [-0.05, 0) is 19.6 Å². The van der Waals surface area contributed by atoms with Crippen LogP contribution in [0.1, 0.15) is 20.8 Å². The number of rotatable bonds is 4.